The molecule has 1 atom stereocenters. The number of benzene rings is 2. The van der Waals surface area contributed by atoms with Crippen LogP contribution in [0.25, 0.3) is 0 Å². The van der Waals surface area contributed by atoms with Crippen molar-refractivity contribution in [1.82, 2.24) is 9.62 Å². The Hall–Kier alpha value is -2.38. The van der Waals surface area contributed by atoms with Crippen LogP contribution in [-0.2, 0) is 10.2 Å². The number of nitrogens with zero attached hydrogens (tertiary/aromatic N) is 2. The zero-order chi connectivity index (χ0) is 19.3. The second-order valence-corrected chi connectivity index (χ2v) is 8.50. The van der Waals surface area contributed by atoms with Crippen molar-refractivity contribution >= 4 is 21.8 Å². The first kappa shape index (κ1) is 19.9. The maximum atomic E-state index is 12.3. The third-order valence-corrected chi connectivity index (χ3v) is 6.06. The summed E-state index contributed by atoms with van der Waals surface area (Å²) in [6, 6.07) is 16.5. The summed E-state index contributed by atoms with van der Waals surface area (Å²) in [5.41, 5.74) is 2.15. The second kappa shape index (κ2) is 8.33. The van der Waals surface area contributed by atoms with Gasteiger partial charge in [-0.15, -0.1) is 0 Å². The number of rotatable bonds is 7. The van der Waals surface area contributed by atoms with Gasteiger partial charge in [0.05, 0.1) is 5.69 Å². The number of anilines is 1. The van der Waals surface area contributed by atoms with E-state index in [-0.39, 0.29) is 11.8 Å². The molecule has 7 heteroatoms. The van der Waals surface area contributed by atoms with E-state index in [1.54, 1.807) is 24.3 Å². The number of hydrogen-bond acceptors (Lipinski definition) is 3. The topological polar surface area (TPSA) is 69.7 Å². The van der Waals surface area contributed by atoms with E-state index in [1.165, 1.54) is 31.0 Å². The molecule has 0 aliphatic rings. The van der Waals surface area contributed by atoms with Crippen LogP contribution in [0.1, 0.15) is 28.8 Å². The van der Waals surface area contributed by atoms with Gasteiger partial charge in [-0.05, 0) is 35.7 Å². The molecular formula is C19H25N3O3S. The normalized spacial score (nSPS) is 12.7. The van der Waals surface area contributed by atoms with Crippen LogP contribution in [-0.4, -0.2) is 46.3 Å². The number of hydrogen-bond donors (Lipinski definition) is 1. The van der Waals surface area contributed by atoms with Crippen molar-refractivity contribution < 1.29 is 13.2 Å². The van der Waals surface area contributed by atoms with Crippen molar-refractivity contribution in [2.45, 2.75) is 12.8 Å². The summed E-state index contributed by atoms with van der Waals surface area (Å²) in [4.78, 5) is 12.3. The highest BCUT2D eigenvalue weighted by Gasteiger charge is 2.21. The Kier molecular flexibility index (Phi) is 6.39. The van der Waals surface area contributed by atoms with Gasteiger partial charge < -0.3 is 5.32 Å². The predicted molar refractivity (Wildman–Crippen MR) is 105 cm³/mol. The molecule has 0 saturated carbocycles. The molecule has 0 heterocycles. The minimum absolute atomic E-state index is 0.183. The van der Waals surface area contributed by atoms with Crippen LogP contribution in [0.2, 0.25) is 0 Å². The van der Waals surface area contributed by atoms with E-state index in [0.717, 1.165) is 4.31 Å². The second-order valence-electron chi connectivity index (χ2n) is 6.33. The summed E-state index contributed by atoms with van der Waals surface area (Å²) >= 11 is 0. The number of carbonyl (C=O) groups is 1. The van der Waals surface area contributed by atoms with Gasteiger partial charge in [0.1, 0.15) is 0 Å². The van der Waals surface area contributed by atoms with Crippen molar-refractivity contribution in [1.29, 1.82) is 0 Å². The van der Waals surface area contributed by atoms with Gasteiger partial charge in [-0.25, -0.2) is 0 Å². The fourth-order valence-electron chi connectivity index (χ4n) is 2.45. The fraction of sp³-hybridized carbons (Fsp3) is 0.316. The van der Waals surface area contributed by atoms with Crippen molar-refractivity contribution in [2.24, 2.45) is 0 Å². The van der Waals surface area contributed by atoms with E-state index in [2.05, 4.69) is 12.2 Å². The maximum Gasteiger partial charge on any atom is 0.303 e. The van der Waals surface area contributed by atoms with E-state index in [9.17, 15) is 13.2 Å². The van der Waals surface area contributed by atoms with Crippen molar-refractivity contribution in [3.63, 3.8) is 0 Å². The van der Waals surface area contributed by atoms with Crippen molar-refractivity contribution in [3.8, 4) is 0 Å². The summed E-state index contributed by atoms with van der Waals surface area (Å²) in [6.45, 7) is 2.58. The number of amides is 1. The average Bonchev–Trinajstić information content (AvgIpc) is 2.65. The van der Waals surface area contributed by atoms with E-state index in [0.29, 0.717) is 17.8 Å². The molecule has 2 rings (SSSR count). The minimum Gasteiger partial charge on any atom is -0.351 e. The van der Waals surface area contributed by atoms with Gasteiger partial charge in [0.15, 0.2) is 0 Å². The molecule has 1 amide bonds. The maximum absolute atomic E-state index is 12.3. The van der Waals surface area contributed by atoms with Crippen LogP contribution in [0.3, 0.4) is 0 Å². The SMILES string of the molecule is C[C@@H](CNC(=O)c1ccc(N(C)S(=O)(=O)N(C)C)cc1)c1ccccc1. The first-order chi connectivity index (χ1) is 12.2. The lowest BCUT2D eigenvalue weighted by Crippen LogP contribution is -2.37. The van der Waals surface area contributed by atoms with Gasteiger partial charge in [-0.2, -0.15) is 12.7 Å². The molecule has 0 aromatic heterocycles. The summed E-state index contributed by atoms with van der Waals surface area (Å²) in [5, 5.41) is 2.92. The number of nitrogens with one attached hydrogen (secondary N) is 1. The third-order valence-electron chi connectivity index (χ3n) is 4.24. The Balaban J connectivity index is 2.00. The van der Waals surface area contributed by atoms with E-state index in [1.807, 2.05) is 30.3 Å². The molecule has 1 N–H and O–H groups in total. The van der Waals surface area contributed by atoms with Crippen LogP contribution in [0.15, 0.2) is 54.6 Å². The van der Waals surface area contributed by atoms with Gasteiger partial charge in [0.2, 0.25) is 0 Å². The lowest BCUT2D eigenvalue weighted by atomic mass is 10.0. The third kappa shape index (κ3) is 4.62. The average molecular weight is 375 g/mol. The van der Waals surface area contributed by atoms with Crippen LogP contribution in [0, 0.1) is 0 Å². The Labute approximate surface area is 155 Å². The van der Waals surface area contributed by atoms with Gasteiger partial charge in [-0.1, -0.05) is 37.3 Å². The van der Waals surface area contributed by atoms with Crippen LogP contribution < -0.4 is 9.62 Å². The zero-order valence-corrected chi connectivity index (χ0v) is 16.3. The van der Waals surface area contributed by atoms with E-state index in [4.69, 9.17) is 0 Å². The smallest absolute Gasteiger partial charge is 0.303 e. The Bertz CT molecular complexity index is 834. The first-order valence-corrected chi connectivity index (χ1v) is 9.72. The summed E-state index contributed by atoms with van der Waals surface area (Å²) in [5.74, 6) is 0.0215. The fourth-order valence-corrected chi connectivity index (χ4v) is 3.33. The summed E-state index contributed by atoms with van der Waals surface area (Å²) in [6.07, 6.45) is 0. The quantitative estimate of drug-likeness (QED) is 0.808. The molecule has 0 bridgehead atoms. The molecule has 6 nitrogen and oxygen atoms in total. The monoisotopic (exact) mass is 375 g/mol. The molecule has 0 saturated heterocycles. The molecule has 0 fully saturated rings. The van der Waals surface area contributed by atoms with Crippen LogP contribution in [0.5, 0.6) is 0 Å². The molecular weight excluding hydrogens is 350 g/mol. The van der Waals surface area contributed by atoms with Gasteiger partial charge in [0, 0.05) is 33.3 Å². The lowest BCUT2D eigenvalue weighted by Gasteiger charge is -2.23. The first-order valence-electron chi connectivity index (χ1n) is 8.33. The standard InChI is InChI=1S/C19H25N3O3S/c1-15(16-8-6-5-7-9-16)14-20-19(23)17-10-12-18(13-11-17)22(4)26(24,25)21(2)3/h5-13,15H,14H2,1-4H3,(H,20,23)/t15-/m0/s1. The highest BCUT2D eigenvalue weighted by molar-refractivity contribution is 7.90. The summed E-state index contributed by atoms with van der Waals surface area (Å²) < 4.78 is 26.6. The van der Waals surface area contributed by atoms with E-state index >= 15 is 0 Å². The molecule has 0 unspecified atom stereocenters. The molecule has 2 aromatic carbocycles. The molecule has 0 spiro atoms. The molecule has 0 aliphatic heterocycles. The molecule has 26 heavy (non-hydrogen) atoms. The highest BCUT2D eigenvalue weighted by Crippen LogP contribution is 2.18. The van der Waals surface area contributed by atoms with Gasteiger partial charge in [0.25, 0.3) is 5.91 Å². The largest absolute Gasteiger partial charge is 0.351 e. The van der Waals surface area contributed by atoms with Gasteiger partial charge in [-0.3, -0.25) is 9.10 Å². The molecule has 0 aliphatic carbocycles. The summed E-state index contributed by atoms with van der Waals surface area (Å²) in [7, 11) is 0.877. The van der Waals surface area contributed by atoms with Crippen LogP contribution >= 0.6 is 0 Å². The Morgan fingerprint density at radius 3 is 2.12 bits per heavy atom. The minimum atomic E-state index is -3.55. The molecule has 2 aromatic rings. The van der Waals surface area contributed by atoms with E-state index < -0.39 is 10.2 Å². The van der Waals surface area contributed by atoms with Crippen LogP contribution in [0.4, 0.5) is 5.69 Å². The van der Waals surface area contributed by atoms with Crippen molar-refractivity contribution in [3.05, 3.63) is 65.7 Å². The Morgan fingerprint density at radius 1 is 1.00 bits per heavy atom. The molecule has 140 valence electrons. The zero-order valence-electron chi connectivity index (χ0n) is 15.5. The highest BCUT2D eigenvalue weighted by atomic mass is 32.2. The molecule has 0 radical (unpaired) electrons. The van der Waals surface area contributed by atoms with Gasteiger partial charge >= 0.3 is 10.2 Å². The predicted octanol–water partition coefficient (Wildman–Crippen LogP) is 2.46. The Morgan fingerprint density at radius 2 is 1.58 bits per heavy atom. The lowest BCUT2D eigenvalue weighted by molar-refractivity contribution is 0.0951. The van der Waals surface area contributed by atoms with Crippen molar-refractivity contribution in [2.75, 3.05) is 32.0 Å². The number of carbonyl (C=O) groups excluding carboxylic acids is 1.